The van der Waals surface area contributed by atoms with Gasteiger partial charge in [-0.3, -0.25) is 9.78 Å². The Morgan fingerprint density at radius 1 is 1.03 bits per heavy atom. The van der Waals surface area contributed by atoms with Gasteiger partial charge in [0.2, 0.25) is 20.0 Å². The molecular weight excluding hydrogens is 446 g/mol. The van der Waals surface area contributed by atoms with Crippen molar-refractivity contribution in [1.29, 1.82) is 0 Å². The predicted octanol–water partition coefficient (Wildman–Crippen LogP) is 1.55. The van der Waals surface area contributed by atoms with Gasteiger partial charge in [-0.05, 0) is 37.3 Å². The van der Waals surface area contributed by atoms with Gasteiger partial charge in [0.15, 0.2) is 0 Å². The summed E-state index contributed by atoms with van der Waals surface area (Å²) in [6.07, 6.45) is 4.54. The lowest BCUT2D eigenvalue weighted by Crippen LogP contribution is -2.36. The largest absolute Gasteiger partial charge is 0.465 e. The molecule has 2 aromatic heterocycles. The molecule has 164 valence electrons. The first kappa shape index (κ1) is 22.4. The van der Waals surface area contributed by atoms with Gasteiger partial charge >= 0.3 is 5.97 Å². The van der Waals surface area contributed by atoms with Crippen molar-refractivity contribution in [3.63, 3.8) is 0 Å². The molecule has 0 radical (unpaired) electrons. The fourth-order valence-electron chi connectivity index (χ4n) is 3.36. The number of hydrogen-bond acceptors (Lipinski definition) is 8. The number of pyridine rings is 1. The average molecular weight is 466 g/mol. The number of carbonyl (C=O) groups is 2. The van der Waals surface area contributed by atoms with Crippen LogP contribution in [0.15, 0.2) is 42.7 Å². The summed E-state index contributed by atoms with van der Waals surface area (Å²) in [5, 5.41) is 0.128. The van der Waals surface area contributed by atoms with E-state index in [0.29, 0.717) is 4.31 Å². The maximum atomic E-state index is 13.0. The van der Waals surface area contributed by atoms with E-state index < -0.39 is 31.9 Å². The van der Waals surface area contributed by atoms with Crippen LogP contribution in [-0.2, 0) is 24.8 Å². The van der Waals surface area contributed by atoms with E-state index in [9.17, 15) is 26.4 Å². The van der Waals surface area contributed by atoms with Crippen molar-refractivity contribution in [1.82, 2.24) is 8.96 Å². The first-order valence-corrected chi connectivity index (χ1v) is 12.5. The number of benzene rings is 1. The van der Waals surface area contributed by atoms with Crippen molar-refractivity contribution in [2.24, 2.45) is 0 Å². The van der Waals surface area contributed by atoms with Crippen LogP contribution in [0.3, 0.4) is 0 Å². The summed E-state index contributed by atoms with van der Waals surface area (Å²) in [6, 6.07) is 6.64. The maximum Gasteiger partial charge on any atom is 0.340 e. The second-order valence-corrected chi connectivity index (χ2v) is 10.4. The Kier molecular flexibility index (Phi) is 5.63. The van der Waals surface area contributed by atoms with Crippen LogP contribution >= 0.6 is 0 Å². The number of nitrogens with zero attached hydrogens (tertiary/aromatic N) is 3. The lowest BCUT2D eigenvalue weighted by Gasteiger charge is -2.20. The summed E-state index contributed by atoms with van der Waals surface area (Å²) < 4.78 is 55.9. The second kappa shape index (κ2) is 7.78. The van der Waals surface area contributed by atoms with Gasteiger partial charge in [0, 0.05) is 29.0 Å². The van der Waals surface area contributed by atoms with Gasteiger partial charge in [0.25, 0.3) is 5.91 Å². The average Bonchev–Trinajstić information content (AvgIpc) is 2.98. The molecule has 12 heteroatoms. The van der Waals surface area contributed by atoms with Crippen LogP contribution in [0.25, 0.3) is 10.9 Å². The van der Waals surface area contributed by atoms with Gasteiger partial charge in [-0.1, -0.05) is 0 Å². The zero-order chi connectivity index (χ0) is 23.1. The molecule has 10 nitrogen and oxygen atoms in total. The molecule has 0 bridgehead atoms. The minimum atomic E-state index is -4.08. The Labute approximate surface area is 179 Å². The number of esters is 1. The SMILES string of the molecule is COC(=O)c1c(C)n(S(C)(=O)=O)c2ccc(N(C(=O)c3ccncc3)S(C)(=O)=O)cc12. The molecule has 0 aliphatic rings. The minimum Gasteiger partial charge on any atom is -0.465 e. The normalized spacial score (nSPS) is 12.0. The molecule has 3 aromatic rings. The summed E-state index contributed by atoms with van der Waals surface area (Å²) in [7, 11) is -6.74. The zero-order valence-corrected chi connectivity index (χ0v) is 18.7. The highest BCUT2D eigenvalue weighted by Crippen LogP contribution is 2.32. The molecule has 0 aliphatic heterocycles. The van der Waals surface area contributed by atoms with E-state index in [2.05, 4.69) is 4.98 Å². The molecule has 31 heavy (non-hydrogen) atoms. The lowest BCUT2D eigenvalue weighted by molar-refractivity contribution is 0.0602. The highest BCUT2D eigenvalue weighted by atomic mass is 32.2. The van der Waals surface area contributed by atoms with Crippen molar-refractivity contribution in [2.75, 3.05) is 23.9 Å². The van der Waals surface area contributed by atoms with Crippen molar-refractivity contribution < 1.29 is 31.2 Å². The third-order valence-corrected chi connectivity index (χ3v) is 6.71. The molecule has 2 heterocycles. The van der Waals surface area contributed by atoms with Crippen LogP contribution < -0.4 is 4.31 Å². The molecule has 1 aromatic carbocycles. The van der Waals surface area contributed by atoms with Crippen molar-refractivity contribution >= 4 is 48.5 Å². The molecule has 0 aliphatic carbocycles. The third-order valence-electron chi connectivity index (χ3n) is 4.53. The smallest absolute Gasteiger partial charge is 0.340 e. The van der Waals surface area contributed by atoms with E-state index in [1.54, 1.807) is 0 Å². The van der Waals surface area contributed by atoms with Crippen LogP contribution in [0.1, 0.15) is 26.4 Å². The highest BCUT2D eigenvalue weighted by Gasteiger charge is 2.30. The molecule has 0 atom stereocenters. The summed E-state index contributed by atoms with van der Waals surface area (Å²) in [6.45, 7) is 1.43. The van der Waals surface area contributed by atoms with E-state index in [1.165, 1.54) is 49.6 Å². The Balaban J connectivity index is 2.34. The Morgan fingerprint density at radius 3 is 2.16 bits per heavy atom. The molecule has 0 unspecified atom stereocenters. The number of aromatic nitrogens is 2. The first-order chi connectivity index (χ1) is 14.4. The van der Waals surface area contributed by atoms with E-state index in [1.807, 2.05) is 0 Å². The number of hydrogen-bond donors (Lipinski definition) is 0. The number of sulfonamides is 1. The summed E-state index contributed by atoms with van der Waals surface area (Å²) in [4.78, 5) is 29.2. The molecule has 0 saturated carbocycles. The Hall–Kier alpha value is -3.25. The number of anilines is 1. The molecule has 0 saturated heterocycles. The number of carbonyl (C=O) groups excluding carboxylic acids is 2. The van der Waals surface area contributed by atoms with E-state index in [0.717, 1.165) is 23.6 Å². The standard InChI is InChI=1S/C19H19N3O7S2/c1-12-17(19(24)29-2)15-11-14(5-6-16(15)21(12)30(3,25)26)22(31(4,27)28)18(23)13-7-9-20-10-8-13/h5-11H,1-4H3. The number of amides is 1. The third kappa shape index (κ3) is 4.03. The number of rotatable bonds is 5. The van der Waals surface area contributed by atoms with Crippen LogP contribution in [0.5, 0.6) is 0 Å². The fraction of sp³-hybridized carbons (Fsp3) is 0.211. The highest BCUT2D eigenvalue weighted by molar-refractivity contribution is 7.92. The van der Waals surface area contributed by atoms with E-state index in [-0.39, 0.29) is 33.4 Å². The van der Waals surface area contributed by atoms with Gasteiger partial charge in [0.1, 0.15) is 0 Å². The zero-order valence-electron chi connectivity index (χ0n) is 17.1. The maximum absolute atomic E-state index is 13.0. The van der Waals surface area contributed by atoms with Crippen molar-refractivity contribution in [2.45, 2.75) is 6.92 Å². The van der Waals surface area contributed by atoms with Gasteiger partial charge in [0.05, 0.1) is 36.4 Å². The number of methoxy groups -OCH3 is 1. The number of fused-ring (bicyclic) bond motifs is 1. The summed E-state index contributed by atoms with van der Waals surface area (Å²) in [5.74, 6) is -1.63. The monoisotopic (exact) mass is 465 g/mol. The molecule has 0 spiro atoms. The molecule has 1 amide bonds. The predicted molar refractivity (Wildman–Crippen MR) is 114 cm³/mol. The molecular formula is C19H19N3O7S2. The summed E-state index contributed by atoms with van der Waals surface area (Å²) >= 11 is 0. The van der Waals surface area contributed by atoms with E-state index in [4.69, 9.17) is 4.74 Å². The molecule has 0 fully saturated rings. The van der Waals surface area contributed by atoms with Gasteiger partial charge in [-0.15, -0.1) is 0 Å². The van der Waals surface area contributed by atoms with Crippen LogP contribution in [0.4, 0.5) is 5.69 Å². The minimum absolute atomic E-state index is 0.0467. The topological polar surface area (TPSA) is 133 Å². The molecule has 3 rings (SSSR count). The van der Waals surface area contributed by atoms with Gasteiger partial charge < -0.3 is 4.74 Å². The van der Waals surface area contributed by atoms with Crippen molar-refractivity contribution in [3.05, 3.63) is 59.5 Å². The van der Waals surface area contributed by atoms with Crippen molar-refractivity contribution in [3.8, 4) is 0 Å². The lowest BCUT2D eigenvalue weighted by atomic mass is 10.1. The van der Waals surface area contributed by atoms with Crippen LogP contribution in [-0.4, -0.2) is 57.3 Å². The van der Waals surface area contributed by atoms with Crippen LogP contribution in [0, 0.1) is 6.92 Å². The molecule has 0 N–H and O–H groups in total. The first-order valence-electron chi connectivity index (χ1n) is 8.76. The Bertz CT molecular complexity index is 1410. The number of ether oxygens (including phenoxy) is 1. The van der Waals surface area contributed by atoms with Crippen LogP contribution in [0.2, 0.25) is 0 Å². The fourth-order valence-corrected chi connectivity index (χ4v) is 5.37. The Morgan fingerprint density at radius 2 is 1.65 bits per heavy atom. The van der Waals surface area contributed by atoms with Gasteiger partial charge in [-0.25, -0.2) is 29.9 Å². The second-order valence-electron chi connectivity index (χ2n) is 6.75. The quantitative estimate of drug-likeness (QED) is 0.518. The summed E-state index contributed by atoms with van der Waals surface area (Å²) in [5.41, 5.74) is 0.225. The van der Waals surface area contributed by atoms with Gasteiger partial charge in [-0.2, -0.15) is 0 Å². The van der Waals surface area contributed by atoms with E-state index >= 15 is 0 Å².